The Morgan fingerprint density at radius 3 is 2.20 bits per heavy atom. The van der Waals surface area contributed by atoms with Crippen LogP contribution in [0.25, 0.3) is 0 Å². The molecule has 1 aliphatic rings. The van der Waals surface area contributed by atoms with Crippen molar-refractivity contribution in [3.8, 4) is 0 Å². The molecule has 3 rings (SSSR count). The summed E-state index contributed by atoms with van der Waals surface area (Å²) in [7, 11) is 0. The number of nitrogens with zero attached hydrogens (tertiary/aromatic N) is 3. The molecule has 2 aromatic rings. The van der Waals surface area contributed by atoms with Crippen molar-refractivity contribution in [2.24, 2.45) is 0 Å². The molecule has 1 saturated heterocycles. The van der Waals surface area contributed by atoms with E-state index in [9.17, 15) is 14.4 Å². The van der Waals surface area contributed by atoms with Crippen molar-refractivity contribution in [3.05, 3.63) is 62.0 Å². The molecule has 9 heteroatoms. The van der Waals surface area contributed by atoms with E-state index in [1.54, 1.807) is 21.9 Å². The van der Waals surface area contributed by atoms with Crippen LogP contribution in [-0.2, 0) is 0 Å². The summed E-state index contributed by atoms with van der Waals surface area (Å²) in [4.78, 5) is 39.2. The number of hydrogen-bond acceptors (Lipinski definition) is 4. The normalized spacial score (nSPS) is 14.5. The molecular formula is C16H14Cl2N4O3. The number of carbonyl (C=O) groups excluding carboxylic acids is 2. The van der Waals surface area contributed by atoms with Crippen molar-refractivity contribution in [2.45, 2.75) is 0 Å². The highest BCUT2D eigenvalue weighted by atomic mass is 35.5. The van der Waals surface area contributed by atoms with E-state index < -0.39 is 0 Å². The average Bonchev–Trinajstić information content (AvgIpc) is 2.63. The second-order valence-corrected chi connectivity index (χ2v) is 6.36. The van der Waals surface area contributed by atoms with Crippen LogP contribution in [0.1, 0.15) is 20.8 Å². The SMILES string of the molecule is O=C(c1ccc(=O)[nH]n1)N1CCN(C(=O)c2cc(Cl)ccc2Cl)CC1. The Kier molecular flexibility index (Phi) is 5.06. The minimum Gasteiger partial charge on any atom is -0.335 e. The summed E-state index contributed by atoms with van der Waals surface area (Å²) in [6.45, 7) is 1.47. The maximum absolute atomic E-state index is 12.6. The lowest BCUT2D eigenvalue weighted by molar-refractivity contribution is 0.0531. The Balaban J connectivity index is 1.66. The number of halogens is 2. The topological polar surface area (TPSA) is 86.4 Å². The van der Waals surface area contributed by atoms with Gasteiger partial charge in [-0.05, 0) is 24.3 Å². The van der Waals surface area contributed by atoms with Gasteiger partial charge in [-0.25, -0.2) is 5.10 Å². The monoisotopic (exact) mass is 380 g/mol. The number of aromatic amines is 1. The van der Waals surface area contributed by atoms with Gasteiger partial charge < -0.3 is 9.80 Å². The fourth-order valence-electron chi connectivity index (χ4n) is 2.57. The van der Waals surface area contributed by atoms with Gasteiger partial charge in [0, 0.05) is 37.3 Å². The highest BCUT2D eigenvalue weighted by Gasteiger charge is 2.27. The molecule has 7 nitrogen and oxygen atoms in total. The number of benzene rings is 1. The van der Waals surface area contributed by atoms with Gasteiger partial charge in [0.15, 0.2) is 0 Å². The van der Waals surface area contributed by atoms with Crippen LogP contribution in [0.2, 0.25) is 10.0 Å². The molecule has 0 bridgehead atoms. The lowest BCUT2D eigenvalue weighted by atomic mass is 10.1. The van der Waals surface area contributed by atoms with Crippen molar-refractivity contribution in [2.75, 3.05) is 26.2 Å². The summed E-state index contributed by atoms with van der Waals surface area (Å²) in [5.41, 5.74) is 0.138. The lowest BCUT2D eigenvalue weighted by Gasteiger charge is -2.34. The molecule has 2 heterocycles. The van der Waals surface area contributed by atoms with Gasteiger partial charge in [0.2, 0.25) is 0 Å². The number of aromatic nitrogens is 2. The zero-order chi connectivity index (χ0) is 18.0. The summed E-state index contributed by atoms with van der Waals surface area (Å²) >= 11 is 12.0. The maximum atomic E-state index is 12.6. The number of carbonyl (C=O) groups is 2. The number of hydrogen-bond donors (Lipinski definition) is 1. The first-order valence-electron chi connectivity index (χ1n) is 7.55. The summed E-state index contributed by atoms with van der Waals surface area (Å²) in [6.07, 6.45) is 0. The summed E-state index contributed by atoms with van der Waals surface area (Å²) < 4.78 is 0. The molecular weight excluding hydrogens is 367 g/mol. The van der Waals surface area contributed by atoms with Gasteiger partial charge in [0.25, 0.3) is 17.4 Å². The smallest absolute Gasteiger partial charge is 0.274 e. The molecule has 0 atom stereocenters. The van der Waals surface area contributed by atoms with Gasteiger partial charge >= 0.3 is 0 Å². The molecule has 0 saturated carbocycles. The van der Waals surface area contributed by atoms with E-state index in [0.717, 1.165) is 0 Å². The third-order valence-electron chi connectivity index (χ3n) is 3.91. The highest BCUT2D eigenvalue weighted by molar-refractivity contribution is 6.35. The molecule has 1 aromatic carbocycles. The number of H-pyrrole nitrogens is 1. The van der Waals surface area contributed by atoms with Crippen LogP contribution in [0.5, 0.6) is 0 Å². The molecule has 0 spiro atoms. The predicted molar refractivity (Wildman–Crippen MR) is 93.1 cm³/mol. The Morgan fingerprint density at radius 1 is 0.960 bits per heavy atom. The van der Waals surface area contributed by atoms with E-state index in [1.165, 1.54) is 18.2 Å². The van der Waals surface area contributed by atoms with E-state index in [0.29, 0.717) is 41.8 Å². The van der Waals surface area contributed by atoms with Gasteiger partial charge in [0.05, 0.1) is 10.6 Å². The van der Waals surface area contributed by atoms with Gasteiger partial charge in [-0.2, -0.15) is 5.10 Å². The lowest BCUT2D eigenvalue weighted by Crippen LogP contribution is -2.50. The van der Waals surface area contributed by atoms with E-state index in [4.69, 9.17) is 23.2 Å². The number of rotatable bonds is 2. The van der Waals surface area contributed by atoms with Crippen molar-refractivity contribution < 1.29 is 9.59 Å². The third kappa shape index (κ3) is 3.83. The summed E-state index contributed by atoms with van der Waals surface area (Å²) in [5, 5.41) is 6.74. The third-order valence-corrected chi connectivity index (χ3v) is 4.48. The Bertz CT molecular complexity index is 855. The van der Waals surface area contributed by atoms with Crippen LogP contribution in [0.15, 0.2) is 35.1 Å². The van der Waals surface area contributed by atoms with Crippen molar-refractivity contribution in [3.63, 3.8) is 0 Å². The first kappa shape index (κ1) is 17.4. The molecule has 1 N–H and O–H groups in total. The molecule has 130 valence electrons. The number of amides is 2. The summed E-state index contributed by atoms with van der Waals surface area (Å²) in [6, 6.07) is 7.37. The minimum atomic E-state index is -0.370. The van der Waals surface area contributed by atoms with E-state index in [-0.39, 0.29) is 23.1 Å². The Morgan fingerprint density at radius 2 is 1.60 bits per heavy atom. The zero-order valence-electron chi connectivity index (χ0n) is 13.0. The fourth-order valence-corrected chi connectivity index (χ4v) is 2.94. The Labute approximate surface area is 153 Å². The van der Waals surface area contributed by atoms with Crippen LogP contribution in [0.3, 0.4) is 0 Å². The van der Waals surface area contributed by atoms with Gasteiger partial charge in [0.1, 0.15) is 5.69 Å². The summed E-state index contributed by atoms with van der Waals surface area (Å²) in [5.74, 6) is -0.508. The largest absolute Gasteiger partial charge is 0.335 e. The zero-order valence-corrected chi connectivity index (χ0v) is 14.5. The maximum Gasteiger partial charge on any atom is 0.274 e. The van der Waals surface area contributed by atoms with Crippen LogP contribution in [0, 0.1) is 0 Å². The molecule has 1 fully saturated rings. The van der Waals surface area contributed by atoms with E-state index >= 15 is 0 Å². The van der Waals surface area contributed by atoms with E-state index in [2.05, 4.69) is 10.2 Å². The van der Waals surface area contributed by atoms with Crippen molar-refractivity contribution in [1.82, 2.24) is 20.0 Å². The number of piperazine rings is 1. The molecule has 1 aliphatic heterocycles. The highest BCUT2D eigenvalue weighted by Crippen LogP contribution is 2.22. The molecule has 1 aromatic heterocycles. The Hall–Kier alpha value is -2.38. The van der Waals surface area contributed by atoms with Crippen LogP contribution in [-0.4, -0.2) is 58.0 Å². The second kappa shape index (κ2) is 7.25. The first-order valence-corrected chi connectivity index (χ1v) is 8.30. The van der Waals surface area contributed by atoms with Crippen LogP contribution in [0.4, 0.5) is 0 Å². The van der Waals surface area contributed by atoms with Gasteiger partial charge in [-0.15, -0.1) is 0 Å². The molecule has 2 amide bonds. The average molecular weight is 381 g/mol. The second-order valence-electron chi connectivity index (χ2n) is 5.52. The van der Waals surface area contributed by atoms with Crippen molar-refractivity contribution >= 4 is 35.0 Å². The molecule has 25 heavy (non-hydrogen) atoms. The predicted octanol–water partition coefficient (Wildman–Crippen LogP) is 1.67. The minimum absolute atomic E-state index is 0.164. The van der Waals surface area contributed by atoms with Gasteiger partial charge in [-0.3, -0.25) is 14.4 Å². The fraction of sp³-hybridized carbons (Fsp3) is 0.250. The molecule has 0 aliphatic carbocycles. The van der Waals surface area contributed by atoms with E-state index in [1.807, 2.05) is 0 Å². The molecule has 0 radical (unpaired) electrons. The number of nitrogens with one attached hydrogen (secondary N) is 1. The standard InChI is InChI=1S/C16H14Cl2N4O3/c17-10-1-2-12(18)11(9-10)15(24)21-5-7-22(8-6-21)16(25)13-3-4-14(23)20-19-13/h1-4,9H,5-8H2,(H,20,23). The first-order chi connectivity index (χ1) is 12.0. The van der Waals surface area contributed by atoms with Crippen molar-refractivity contribution in [1.29, 1.82) is 0 Å². The van der Waals surface area contributed by atoms with Crippen LogP contribution < -0.4 is 5.56 Å². The van der Waals surface area contributed by atoms with Gasteiger partial charge in [-0.1, -0.05) is 23.2 Å². The molecule has 0 unspecified atom stereocenters. The quantitative estimate of drug-likeness (QED) is 0.858. The van der Waals surface area contributed by atoms with Crippen LogP contribution >= 0.6 is 23.2 Å².